The molecule has 0 saturated heterocycles. The summed E-state index contributed by atoms with van der Waals surface area (Å²) in [6.07, 6.45) is 2.34. The van der Waals surface area contributed by atoms with Crippen molar-refractivity contribution in [2.45, 2.75) is 26.7 Å². The quantitative estimate of drug-likeness (QED) is 0.704. The van der Waals surface area contributed by atoms with Crippen LogP contribution < -0.4 is 3.51 Å². The standard InChI is InChI=1S/C10H13.Sb/c1-3-9-7-5-6-8-10(9)4-2;/h5-7H,3-4H2,1-2H3;. The van der Waals surface area contributed by atoms with Crippen LogP contribution in [0.25, 0.3) is 0 Å². The molecule has 2 radical (unpaired) electrons. The van der Waals surface area contributed by atoms with E-state index in [0.29, 0.717) is 0 Å². The van der Waals surface area contributed by atoms with E-state index in [1.54, 1.807) is 5.56 Å². The molecule has 0 fully saturated rings. The monoisotopic (exact) mass is 254 g/mol. The first-order chi connectivity index (χ1) is 5.29. The number of benzene rings is 1. The molecule has 0 nitrogen and oxygen atoms in total. The van der Waals surface area contributed by atoms with Gasteiger partial charge in [0, 0.05) is 0 Å². The number of hydrogen-bond donors (Lipinski definition) is 0. The van der Waals surface area contributed by atoms with Gasteiger partial charge in [0.15, 0.2) is 0 Å². The van der Waals surface area contributed by atoms with Gasteiger partial charge in [-0.1, -0.05) is 0 Å². The Balaban J connectivity index is 3.13. The van der Waals surface area contributed by atoms with Crippen LogP contribution in [-0.4, -0.2) is 23.0 Å². The van der Waals surface area contributed by atoms with Crippen molar-refractivity contribution in [3.63, 3.8) is 0 Å². The van der Waals surface area contributed by atoms with E-state index in [4.69, 9.17) is 0 Å². The van der Waals surface area contributed by atoms with E-state index < -0.39 is 0 Å². The van der Waals surface area contributed by atoms with Crippen LogP contribution in [0.15, 0.2) is 18.2 Å². The van der Waals surface area contributed by atoms with Gasteiger partial charge in [-0.15, -0.1) is 0 Å². The van der Waals surface area contributed by atoms with Crippen molar-refractivity contribution in [2.24, 2.45) is 0 Å². The molecule has 1 aromatic rings. The van der Waals surface area contributed by atoms with Crippen LogP contribution in [0.5, 0.6) is 0 Å². The maximum absolute atomic E-state index is 2.24. The van der Waals surface area contributed by atoms with E-state index in [-0.39, 0.29) is 0 Å². The zero-order chi connectivity index (χ0) is 8.27. The summed E-state index contributed by atoms with van der Waals surface area (Å²) >= 11 is 1.83. The van der Waals surface area contributed by atoms with Crippen LogP contribution in [-0.2, 0) is 12.8 Å². The van der Waals surface area contributed by atoms with Gasteiger partial charge < -0.3 is 0 Å². The fourth-order valence-electron chi connectivity index (χ4n) is 1.36. The molecule has 0 spiro atoms. The number of rotatable bonds is 2. The van der Waals surface area contributed by atoms with Gasteiger partial charge in [0.05, 0.1) is 0 Å². The molecule has 58 valence electrons. The van der Waals surface area contributed by atoms with Crippen molar-refractivity contribution < 1.29 is 0 Å². The predicted octanol–water partition coefficient (Wildman–Crippen LogP) is 1.61. The van der Waals surface area contributed by atoms with Crippen molar-refractivity contribution in [1.82, 2.24) is 0 Å². The zero-order valence-electron chi connectivity index (χ0n) is 7.09. The topological polar surface area (TPSA) is 0 Å². The van der Waals surface area contributed by atoms with Crippen molar-refractivity contribution in [3.05, 3.63) is 29.3 Å². The molecule has 0 aliphatic rings. The Hall–Kier alpha value is 0.0382. The van der Waals surface area contributed by atoms with Gasteiger partial charge in [-0.2, -0.15) is 0 Å². The third-order valence-electron chi connectivity index (χ3n) is 1.98. The summed E-state index contributed by atoms with van der Waals surface area (Å²) in [6.45, 7) is 4.45. The van der Waals surface area contributed by atoms with Crippen LogP contribution in [0, 0.1) is 0 Å². The maximum atomic E-state index is 2.24. The van der Waals surface area contributed by atoms with E-state index in [0.717, 1.165) is 0 Å². The van der Waals surface area contributed by atoms with Crippen molar-refractivity contribution in [3.8, 4) is 0 Å². The molecule has 0 atom stereocenters. The molecule has 0 N–H and O–H groups in total. The van der Waals surface area contributed by atoms with E-state index in [1.165, 1.54) is 21.9 Å². The summed E-state index contributed by atoms with van der Waals surface area (Å²) in [4.78, 5) is 0. The van der Waals surface area contributed by atoms with Gasteiger partial charge in [0.1, 0.15) is 0 Å². The first kappa shape index (κ1) is 9.13. The molecule has 1 rings (SSSR count). The Morgan fingerprint density at radius 3 is 2.36 bits per heavy atom. The molecule has 0 aromatic heterocycles. The molecule has 0 amide bonds. The van der Waals surface area contributed by atoms with Gasteiger partial charge in [-0.3, -0.25) is 0 Å². The average molecular weight is 255 g/mol. The summed E-state index contributed by atoms with van der Waals surface area (Å²) in [7, 11) is 0. The SMILES string of the molecule is CCc1ccc[c]([Sb])c1CC. The summed E-state index contributed by atoms with van der Waals surface area (Å²) < 4.78 is 1.49. The molecule has 1 aromatic carbocycles. The molecule has 0 aliphatic carbocycles. The van der Waals surface area contributed by atoms with E-state index in [2.05, 4.69) is 32.0 Å². The van der Waals surface area contributed by atoms with Crippen molar-refractivity contribution in [2.75, 3.05) is 0 Å². The molecule has 0 aliphatic heterocycles. The average Bonchev–Trinajstić information content (AvgIpc) is 2.04. The Bertz CT molecular complexity index is 241. The van der Waals surface area contributed by atoms with Crippen molar-refractivity contribution in [1.29, 1.82) is 0 Å². The Kier molecular flexibility index (Phi) is 3.45. The third-order valence-corrected chi connectivity index (χ3v) is 3.18. The molecular weight excluding hydrogens is 242 g/mol. The second-order valence-electron chi connectivity index (χ2n) is 2.62. The van der Waals surface area contributed by atoms with Crippen LogP contribution in [0.1, 0.15) is 25.0 Å². The predicted molar refractivity (Wildman–Crippen MR) is 50.6 cm³/mol. The molecule has 0 unspecified atom stereocenters. The molecule has 11 heavy (non-hydrogen) atoms. The second-order valence-corrected chi connectivity index (χ2v) is 4.00. The third kappa shape index (κ3) is 1.99. The Labute approximate surface area is 82.5 Å². The van der Waals surface area contributed by atoms with Gasteiger partial charge in [0.25, 0.3) is 0 Å². The minimum atomic E-state index is 1.17. The summed E-state index contributed by atoms with van der Waals surface area (Å²) in [5, 5.41) is 0. The Morgan fingerprint density at radius 1 is 1.18 bits per heavy atom. The van der Waals surface area contributed by atoms with E-state index >= 15 is 0 Å². The first-order valence-electron chi connectivity index (χ1n) is 4.09. The Morgan fingerprint density at radius 2 is 1.91 bits per heavy atom. The van der Waals surface area contributed by atoms with Crippen LogP contribution in [0.4, 0.5) is 0 Å². The van der Waals surface area contributed by atoms with E-state index in [1.807, 2.05) is 23.0 Å². The molecule has 0 heterocycles. The fourth-order valence-corrected chi connectivity index (χ4v) is 2.47. The molecule has 0 saturated carbocycles. The summed E-state index contributed by atoms with van der Waals surface area (Å²) in [5.41, 5.74) is 3.08. The molecular formula is C10H13Sb. The van der Waals surface area contributed by atoms with Crippen LogP contribution in [0.3, 0.4) is 0 Å². The van der Waals surface area contributed by atoms with Gasteiger partial charge >= 0.3 is 82.5 Å². The van der Waals surface area contributed by atoms with Crippen LogP contribution in [0.2, 0.25) is 0 Å². The van der Waals surface area contributed by atoms with Crippen molar-refractivity contribution >= 4 is 26.5 Å². The van der Waals surface area contributed by atoms with E-state index in [9.17, 15) is 0 Å². The summed E-state index contributed by atoms with van der Waals surface area (Å²) in [5.74, 6) is 0. The second kappa shape index (κ2) is 4.16. The first-order valence-corrected chi connectivity index (χ1v) is 5.37. The fraction of sp³-hybridized carbons (Fsp3) is 0.400. The number of aryl methyl sites for hydroxylation is 1. The number of hydrogen-bond acceptors (Lipinski definition) is 0. The van der Waals surface area contributed by atoms with Gasteiger partial charge in [-0.05, 0) is 0 Å². The zero-order valence-corrected chi connectivity index (χ0v) is 9.65. The summed E-state index contributed by atoms with van der Waals surface area (Å²) in [6, 6.07) is 6.61. The van der Waals surface area contributed by atoms with Gasteiger partial charge in [0.2, 0.25) is 0 Å². The normalized spacial score (nSPS) is 10.1. The molecule has 0 bridgehead atoms. The minimum absolute atomic E-state index is 1.17. The van der Waals surface area contributed by atoms with Gasteiger partial charge in [-0.25, -0.2) is 0 Å². The van der Waals surface area contributed by atoms with Crippen LogP contribution >= 0.6 is 0 Å². The molecule has 1 heteroatoms.